The van der Waals surface area contributed by atoms with Crippen molar-refractivity contribution < 1.29 is 24.2 Å². The Hall–Kier alpha value is -3.04. The molecule has 32 heavy (non-hydrogen) atoms. The van der Waals surface area contributed by atoms with Gasteiger partial charge >= 0.3 is 11.9 Å². The monoisotopic (exact) mass is 500 g/mol. The number of carbonyl (C=O) groups excluding carboxylic acids is 2. The lowest BCUT2D eigenvalue weighted by atomic mass is 9.84. The normalized spacial score (nSPS) is 20.4. The van der Waals surface area contributed by atoms with E-state index < -0.39 is 29.2 Å². The number of ether oxygens (including phenoxy) is 2. The summed E-state index contributed by atoms with van der Waals surface area (Å²) in [5, 5.41) is 12.3. The lowest BCUT2D eigenvalue weighted by Gasteiger charge is -2.32. The molecule has 3 aromatic rings. The molecule has 0 saturated carbocycles. The van der Waals surface area contributed by atoms with Crippen LogP contribution in [0.2, 0.25) is 0 Å². The van der Waals surface area contributed by atoms with E-state index in [4.69, 9.17) is 9.47 Å². The Morgan fingerprint density at radius 2 is 2.09 bits per heavy atom. The Bertz CT molecular complexity index is 1290. The van der Waals surface area contributed by atoms with Gasteiger partial charge in [0, 0.05) is 29.6 Å². The van der Waals surface area contributed by atoms with Gasteiger partial charge in [0.1, 0.15) is 16.8 Å². The van der Waals surface area contributed by atoms with Gasteiger partial charge in [0.15, 0.2) is 0 Å². The summed E-state index contributed by atoms with van der Waals surface area (Å²) in [6.45, 7) is 2.67. The quantitative estimate of drug-likeness (QED) is 0.433. The van der Waals surface area contributed by atoms with Crippen LogP contribution in [0.15, 0.2) is 52.0 Å². The van der Waals surface area contributed by atoms with Gasteiger partial charge in [0.2, 0.25) is 6.10 Å². The van der Waals surface area contributed by atoms with Gasteiger partial charge in [-0.1, -0.05) is 25.1 Å². The van der Waals surface area contributed by atoms with Gasteiger partial charge in [-0.25, -0.2) is 9.78 Å². The van der Waals surface area contributed by atoms with Gasteiger partial charge in [0.05, 0.1) is 17.6 Å². The molecule has 0 spiro atoms. The molecule has 8 nitrogen and oxygen atoms in total. The van der Waals surface area contributed by atoms with E-state index in [2.05, 4.69) is 20.9 Å². The molecule has 0 unspecified atom stereocenters. The van der Waals surface area contributed by atoms with E-state index in [1.165, 1.54) is 4.57 Å². The van der Waals surface area contributed by atoms with Gasteiger partial charge in [0.25, 0.3) is 5.56 Å². The van der Waals surface area contributed by atoms with Crippen molar-refractivity contribution in [1.82, 2.24) is 9.55 Å². The maximum Gasteiger partial charge on any atom is 0.351 e. The third-order valence-electron chi connectivity index (χ3n) is 5.65. The minimum atomic E-state index is -1.88. The molecule has 3 heterocycles. The molecule has 1 aliphatic heterocycles. The third-order valence-corrected chi connectivity index (χ3v) is 6.34. The molecule has 0 fully saturated rings. The number of aliphatic hydroxyl groups is 1. The van der Waals surface area contributed by atoms with Gasteiger partial charge in [-0.3, -0.25) is 9.59 Å². The highest BCUT2D eigenvalue weighted by molar-refractivity contribution is 9.10. The van der Waals surface area contributed by atoms with Crippen LogP contribution in [-0.2, 0) is 37.8 Å². The largest absolute Gasteiger partial charge is 0.458 e. The number of pyridine rings is 2. The van der Waals surface area contributed by atoms with Crippen molar-refractivity contribution in [2.24, 2.45) is 0 Å². The number of rotatable bonds is 4. The molecule has 2 atom stereocenters. The second-order valence-electron chi connectivity index (χ2n) is 7.65. The molecule has 0 bridgehead atoms. The molecule has 9 heteroatoms. The highest BCUT2D eigenvalue weighted by atomic mass is 79.9. The summed E-state index contributed by atoms with van der Waals surface area (Å²) in [7, 11) is 0. The number of hydrogen-bond donors (Lipinski definition) is 1. The fourth-order valence-electron chi connectivity index (χ4n) is 3.96. The SMILES string of the molecule is CC[C@]1(O)c2ccn(Cc3cc4ccccc4nc3Br)c(=O)c2COC(=O)[C@@H]1OC(C)=O. The average Bonchev–Trinajstić information content (AvgIpc) is 2.86. The zero-order valence-corrected chi connectivity index (χ0v) is 19.1. The average molecular weight is 501 g/mol. The molecule has 0 radical (unpaired) electrons. The van der Waals surface area contributed by atoms with E-state index in [1.807, 2.05) is 30.3 Å². The van der Waals surface area contributed by atoms with Crippen LogP contribution in [0, 0.1) is 0 Å². The van der Waals surface area contributed by atoms with E-state index in [-0.39, 0.29) is 30.7 Å². The van der Waals surface area contributed by atoms with Gasteiger partial charge in [-0.05, 0) is 40.5 Å². The second kappa shape index (κ2) is 8.48. The van der Waals surface area contributed by atoms with Crippen molar-refractivity contribution >= 4 is 38.8 Å². The number of carbonyl (C=O) groups is 2. The first-order chi connectivity index (χ1) is 15.2. The molecule has 1 aromatic carbocycles. The lowest BCUT2D eigenvalue weighted by molar-refractivity contribution is -0.186. The number of fused-ring (bicyclic) bond motifs is 2. The number of benzene rings is 1. The van der Waals surface area contributed by atoms with Crippen molar-refractivity contribution in [3.05, 3.63) is 74.2 Å². The summed E-state index contributed by atoms with van der Waals surface area (Å²) >= 11 is 3.47. The van der Waals surface area contributed by atoms with Crippen LogP contribution in [-0.4, -0.2) is 32.7 Å². The van der Waals surface area contributed by atoms with E-state index in [9.17, 15) is 19.5 Å². The zero-order valence-electron chi connectivity index (χ0n) is 17.5. The van der Waals surface area contributed by atoms with Crippen molar-refractivity contribution in [3.8, 4) is 0 Å². The molecular weight excluding hydrogens is 480 g/mol. The second-order valence-corrected chi connectivity index (χ2v) is 8.40. The Labute approximate surface area is 191 Å². The smallest absolute Gasteiger partial charge is 0.351 e. The summed E-state index contributed by atoms with van der Waals surface area (Å²) in [6, 6.07) is 11.2. The molecule has 2 aromatic heterocycles. The molecular formula is C23H21BrN2O6. The fourth-order valence-corrected chi connectivity index (χ4v) is 4.40. The van der Waals surface area contributed by atoms with Gasteiger partial charge in [-0.15, -0.1) is 0 Å². The molecule has 0 amide bonds. The fraction of sp³-hybridized carbons (Fsp3) is 0.304. The number of halogens is 1. The van der Waals surface area contributed by atoms with Crippen molar-refractivity contribution in [1.29, 1.82) is 0 Å². The van der Waals surface area contributed by atoms with Gasteiger partial charge < -0.3 is 19.1 Å². The first-order valence-corrected chi connectivity index (χ1v) is 10.9. The first-order valence-electron chi connectivity index (χ1n) is 10.1. The predicted molar refractivity (Wildman–Crippen MR) is 119 cm³/mol. The summed E-state index contributed by atoms with van der Waals surface area (Å²) in [4.78, 5) is 41.8. The Morgan fingerprint density at radius 3 is 2.81 bits per heavy atom. The molecule has 1 N–H and O–H groups in total. The molecule has 0 saturated heterocycles. The van der Waals surface area contributed by atoms with E-state index in [0.29, 0.717) is 4.60 Å². The molecule has 4 rings (SSSR count). The number of hydrogen-bond acceptors (Lipinski definition) is 7. The number of cyclic esters (lactones) is 1. The van der Waals surface area contributed by atoms with Crippen molar-refractivity contribution in [3.63, 3.8) is 0 Å². The Kier molecular flexibility index (Phi) is 5.87. The maximum atomic E-state index is 13.3. The minimum Gasteiger partial charge on any atom is -0.458 e. The Morgan fingerprint density at radius 1 is 1.34 bits per heavy atom. The lowest BCUT2D eigenvalue weighted by Crippen LogP contribution is -2.47. The van der Waals surface area contributed by atoms with Crippen LogP contribution < -0.4 is 5.56 Å². The molecule has 166 valence electrons. The van der Waals surface area contributed by atoms with E-state index in [0.717, 1.165) is 23.4 Å². The van der Waals surface area contributed by atoms with Crippen LogP contribution in [0.4, 0.5) is 0 Å². The number of para-hydroxylation sites is 1. The number of esters is 2. The summed E-state index contributed by atoms with van der Waals surface area (Å²) in [6.07, 6.45) is 0.0288. The van der Waals surface area contributed by atoms with Crippen LogP contribution in [0.3, 0.4) is 0 Å². The summed E-state index contributed by atoms with van der Waals surface area (Å²) in [5.41, 5.74) is -0.309. The summed E-state index contributed by atoms with van der Waals surface area (Å²) in [5.74, 6) is -1.63. The van der Waals surface area contributed by atoms with Gasteiger partial charge in [-0.2, -0.15) is 0 Å². The molecule has 1 aliphatic rings. The minimum absolute atomic E-state index is 0.0383. The highest BCUT2D eigenvalue weighted by Gasteiger charge is 2.49. The van der Waals surface area contributed by atoms with Crippen LogP contribution >= 0.6 is 15.9 Å². The molecule has 0 aliphatic carbocycles. The maximum absolute atomic E-state index is 13.3. The third kappa shape index (κ3) is 3.82. The summed E-state index contributed by atoms with van der Waals surface area (Å²) < 4.78 is 12.4. The zero-order chi connectivity index (χ0) is 23.0. The number of nitrogens with zero attached hydrogens (tertiary/aromatic N) is 2. The Balaban J connectivity index is 1.78. The van der Waals surface area contributed by atoms with Crippen molar-refractivity contribution in [2.45, 2.75) is 45.1 Å². The van der Waals surface area contributed by atoms with Crippen molar-refractivity contribution in [2.75, 3.05) is 0 Å². The van der Waals surface area contributed by atoms with Crippen LogP contribution in [0.25, 0.3) is 10.9 Å². The predicted octanol–water partition coefficient (Wildman–Crippen LogP) is 2.79. The topological polar surface area (TPSA) is 108 Å². The van der Waals surface area contributed by atoms with E-state index in [1.54, 1.807) is 19.2 Å². The number of aromatic nitrogens is 2. The highest BCUT2D eigenvalue weighted by Crippen LogP contribution is 2.35. The van der Waals surface area contributed by atoms with Crippen LogP contribution in [0.1, 0.15) is 37.0 Å². The standard InChI is InChI=1S/C23H21BrN2O6/c1-3-23(30)17-8-9-26(11-15-10-14-6-4-5-7-18(14)25-20(15)24)21(28)16(17)12-31-22(29)19(23)32-13(2)27/h4-10,19,30H,3,11-12H2,1-2H3/t19-,23-/m0/s1. The van der Waals surface area contributed by atoms with E-state index >= 15 is 0 Å². The van der Waals surface area contributed by atoms with Crippen LogP contribution in [0.5, 0.6) is 0 Å². The first kappa shape index (κ1) is 22.2.